The lowest BCUT2D eigenvalue weighted by atomic mass is 9.92. The number of carboxylic acids is 1. The number of imidazole rings is 1. The molecule has 0 saturated heterocycles. The Morgan fingerprint density at radius 2 is 2.05 bits per heavy atom. The quantitative estimate of drug-likeness (QED) is 0.800. The van der Waals surface area contributed by atoms with Gasteiger partial charge in [-0.15, -0.1) is 0 Å². The summed E-state index contributed by atoms with van der Waals surface area (Å²) in [4.78, 5) is 15.0. The van der Waals surface area contributed by atoms with Crippen molar-refractivity contribution in [1.29, 1.82) is 0 Å². The molecule has 0 spiro atoms. The summed E-state index contributed by atoms with van der Waals surface area (Å²) in [5.41, 5.74) is 0.687. The molecule has 120 valence electrons. The molecule has 0 saturated carbocycles. The molecule has 0 aliphatic heterocycles. The lowest BCUT2D eigenvalue weighted by Gasteiger charge is -2.25. The minimum Gasteiger partial charge on any atom is -0.481 e. The Labute approximate surface area is 129 Å². The van der Waals surface area contributed by atoms with Crippen LogP contribution in [0.4, 0.5) is 0 Å². The van der Waals surface area contributed by atoms with Crippen molar-refractivity contribution in [3.63, 3.8) is 0 Å². The smallest absolute Gasteiger partial charge is 0.313 e. The highest BCUT2D eigenvalue weighted by atomic mass is 32.2. The number of thioether (sulfide) groups is 1. The van der Waals surface area contributed by atoms with Crippen LogP contribution in [0, 0.1) is 0 Å². The van der Waals surface area contributed by atoms with Crippen molar-refractivity contribution in [2.24, 2.45) is 0 Å². The van der Waals surface area contributed by atoms with Crippen LogP contribution in [0.5, 0.6) is 0 Å². The number of sulfone groups is 1. The number of hydrogen-bond acceptors (Lipinski definition) is 5. The van der Waals surface area contributed by atoms with Crippen molar-refractivity contribution in [3.8, 4) is 0 Å². The van der Waals surface area contributed by atoms with E-state index < -0.39 is 15.8 Å². The molecule has 1 aromatic rings. The van der Waals surface area contributed by atoms with E-state index >= 15 is 0 Å². The Morgan fingerprint density at radius 3 is 2.48 bits per heavy atom. The zero-order valence-electron chi connectivity index (χ0n) is 13.0. The molecule has 0 aliphatic carbocycles. The molecular weight excluding hydrogens is 312 g/mol. The minimum atomic E-state index is -3.13. The molecule has 1 atom stereocenters. The van der Waals surface area contributed by atoms with E-state index in [1.54, 1.807) is 6.20 Å². The first-order valence-corrected chi connectivity index (χ1v) is 9.56. The Balaban J connectivity index is 3.22. The maximum atomic E-state index is 11.5. The lowest BCUT2D eigenvalue weighted by molar-refractivity contribution is -0.133. The van der Waals surface area contributed by atoms with Gasteiger partial charge in [-0.25, -0.2) is 13.4 Å². The molecule has 0 radical (unpaired) electrons. The third-order valence-corrected chi connectivity index (χ3v) is 4.88. The van der Waals surface area contributed by atoms with Gasteiger partial charge >= 0.3 is 5.97 Å². The standard InChI is InChI=1S/C13H22N2O4S2/c1-9(8-21(5,18)19)15-10(13(2,3)4)6-14-12(15)20-7-11(16)17/h6,9H,7-8H2,1-5H3,(H,16,17). The first-order valence-electron chi connectivity index (χ1n) is 6.52. The van der Waals surface area contributed by atoms with Gasteiger partial charge in [-0.1, -0.05) is 32.5 Å². The third-order valence-electron chi connectivity index (χ3n) is 2.84. The first-order chi connectivity index (χ1) is 9.42. The number of nitrogens with zero attached hydrogens (tertiary/aromatic N) is 2. The second-order valence-corrected chi connectivity index (χ2v) is 9.30. The normalized spacial score (nSPS) is 14.1. The van der Waals surface area contributed by atoms with E-state index in [4.69, 9.17) is 5.11 Å². The summed E-state index contributed by atoms with van der Waals surface area (Å²) in [6, 6.07) is -0.298. The Bertz CT molecular complexity index is 615. The van der Waals surface area contributed by atoms with Crippen LogP contribution < -0.4 is 0 Å². The second kappa shape index (κ2) is 6.39. The molecule has 1 unspecified atom stereocenters. The molecule has 0 bridgehead atoms. The molecular formula is C13H22N2O4S2. The summed E-state index contributed by atoms with van der Waals surface area (Å²) in [7, 11) is -3.13. The van der Waals surface area contributed by atoms with E-state index in [1.165, 1.54) is 6.26 Å². The van der Waals surface area contributed by atoms with Crippen molar-refractivity contribution < 1.29 is 18.3 Å². The van der Waals surface area contributed by atoms with Crippen LogP contribution >= 0.6 is 11.8 Å². The van der Waals surface area contributed by atoms with Gasteiger partial charge in [-0.2, -0.15) is 0 Å². The fraction of sp³-hybridized carbons (Fsp3) is 0.692. The maximum Gasteiger partial charge on any atom is 0.313 e. The van der Waals surface area contributed by atoms with Gasteiger partial charge in [0.05, 0.1) is 11.5 Å². The molecule has 0 aromatic carbocycles. The molecule has 1 rings (SSSR count). The van der Waals surface area contributed by atoms with Gasteiger partial charge in [0.25, 0.3) is 0 Å². The van der Waals surface area contributed by atoms with Crippen LogP contribution in [0.1, 0.15) is 39.4 Å². The van der Waals surface area contributed by atoms with E-state index in [1.807, 2.05) is 32.3 Å². The lowest BCUT2D eigenvalue weighted by Crippen LogP contribution is -2.24. The van der Waals surface area contributed by atoms with Gasteiger partial charge < -0.3 is 9.67 Å². The van der Waals surface area contributed by atoms with Gasteiger partial charge in [0.1, 0.15) is 9.84 Å². The van der Waals surface area contributed by atoms with Crippen molar-refractivity contribution in [2.75, 3.05) is 17.8 Å². The number of carboxylic acid groups (broad SMARTS) is 1. The Kier molecular flexibility index (Phi) is 5.49. The zero-order valence-corrected chi connectivity index (χ0v) is 14.6. The molecule has 21 heavy (non-hydrogen) atoms. The predicted molar refractivity (Wildman–Crippen MR) is 83.7 cm³/mol. The van der Waals surface area contributed by atoms with Crippen molar-refractivity contribution >= 4 is 27.6 Å². The molecule has 6 nitrogen and oxygen atoms in total. The van der Waals surface area contributed by atoms with Gasteiger partial charge in [-0.05, 0) is 6.92 Å². The van der Waals surface area contributed by atoms with Gasteiger partial charge in [0, 0.05) is 29.6 Å². The molecule has 1 heterocycles. The second-order valence-electron chi connectivity index (χ2n) is 6.17. The van der Waals surface area contributed by atoms with Crippen LogP contribution in [-0.4, -0.2) is 46.8 Å². The maximum absolute atomic E-state index is 11.5. The number of rotatable bonds is 6. The van der Waals surface area contributed by atoms with Crippen molar-refractivity contribution in [2.45, 2.75) is 44.3 Å². The monoisotopic (exact) mass is 334 g/mol. The van der Waals surface area contributed by atoms with Crippen LogP contribution in [0.15, 0.2) is 11.4 Å². The fourth-order valence-corrected chi connectivity index (χ4v) is 3.89. The summed E-state index contributed by atoms with van der Waals surface area (Å²) in [6.45, 7) is 7.85. The largest absolute Gasteiger partial charge is 0.481 e. The molecule has 1 aromatic heterocycles. The molecule has 1 N–H and O–H groups in total. The summed E-state index contributed by atoms with van der Waals surface area (Å²) < 4.78 is 24.9. The van der Waals surface area contributed by atoms with Crippen LogP contribution in [0.25, 0.3) is 0 Å². The van der Waals surface area contributed by atoms with Gasteiger partial charge in [0.2, 0.25) is 0 Å². The molecule has 0 amide bonds. The highest BCUT2D eigenvalue weighted by molar-refractivity contribution is 7.99. The summed E-state index contributed by atoms with van der Waals surface area (Å²) in [5.74, 6) is -1.04. The number of aromatic nitrogens is 2. The SMILES string of the molecule is CC(CS(C)(=O)=O)n1c(C(C)(C)C)cnc1SCC(=O)O. The Hall–Kier alpha value is -1.02. The Morgan fingerprint density at radius 1 is 1.48 bits per heavy atom. The van der Waals surface area contributed by atoms with E-state index in [0.717, 1.165) is 17.5 Å². The number of aliphatic carboxylic acids is 1. The summed E-state index contributed by atoms with van der Waals surface area (Å²) in [5, 5.41) is 9.34. The number of carbonyl (C=O) groups is 1. The van der Waals surface area contributed by atoms with E-state index in [-0.39, 0.29) is 23.0 Å². The zero-order chi connectivity index (χ0) is 16.4. The van der Waals surface area contributed by atoms with Crippen molar-refractivity contribution in [3.05, 3.63) is 11.9 Å². The van der Waals surface area contributed by atoms with E-state index in [0.29, 0.717) is 5.16 Å². The highest BCUT2D eigenvalue weighted by Gasteiger charge is 2.26. The highest BCUT2D eigenvalue weighted by Crippen LogP contribution is 2.31. The van der Waals surface area contributed by atoms with Gasteiger partial charge in [-0.3, -0.25) is 4.79 Å². The van der Waals surface area contributed by atoms with Gasteiger partial charge in [0.15, 0.2) is 5.16 Å². The van der Waals surface area contributed by atoms with Crippen LogP contribution in [0.2, 0.25) is 0 Å². The first kappa shape index (κ1) is 18.0. The summed E-state index contributed by atoms with van der Waals surface area (Å²) >= 11 is 1.10. The fourth-order valence-electron chi connectivity index (χ4n) is 2.07. The average molecular weight is 334 g/mol. The molecule has 8 heteroatoms. The summed E-state index contributed by atoms with van der Waals surface area (Å²) in [6.07, 6.45) is 2.89. The van der Waals surface area contributed by atoms with Crippen molar-refractivity contribution in [1.82, 2.24) is 9.55 Å². The molecule has 0 fully saturated rings. The van der Waals surface area contributed by atoms with Crippen LogP contribution in [-0.2, 0) is 20.0 Å². The van der Waals surface area contributed by atoms with E-state index in [9.17, 15) is 13.2 Å². The third kappa shape index (κ3) is 5.35. The average Bonchev–Trinajstić information content (AvgIpc) is 2.66. The topological polar surface area (TPSA) is 89.3 Å². The van der Waals surface area contributed by atoms with Crippen LogP contribution in [0.3, 0.4) is 0 Å². The predicted octanol–water partition coefficient (Wildman–Crippen LogP) is 1.96. The molecule has 0 aliphatic rings. The van der Waals surface area contributed by atoms with E-state index in [2.05, 4.69) is 4.98 Å². The minimum absolute atomic E-state index is 0.00687. The number of hydrogen-bond donors (Lipinski definition) is 1.